The van der Waals surface area contributed by atoms with Crippen LogP contribution in [0, 0.1) is 15.3 Å². The second kappa shape index (κ2) is 4.51. The molecule has 0 aliphatic heterocycles. The summed E-state index contributed by atoms with van der Waals surface area (Å²) in [6.45, 7) is 2.50. The Balaban J connectivity index is 2.11. The van der Waals surface area contributed by atoms with Gasteiger partial charge < -0.3 is 14.1 Å². The van der Waals surface area contributed by atoms with Gasteiger partial charge in [-0.05, 0) is 59.9 Å². The van der Waals surface area contributed by atoms with Crippen LogP contribution in [-0.2, 0) is 6.54 Å². The molecule has 1 N–H and O–H groups in total. The van der Waals surface area contributed by atoms with Gasteiger partial charge in [-0.2, -0.15) is 0 Å². The third kappa shape index (κ3) is 2.10. The van der Waals surface area contributed by atoms with Gasteiger partial charge in [0, 0.05) is 9.64 Å². The van der Waals surface area contributed by atoms with Gasteiger partial charge in [0.2, 0.25) is 0 Å². The van der Waals surface area contributed by atoms with Crippen molar-refractivity contribution in [2.24, 2.45) is 0 Å². The molecule has 0 aliphatic rings. The van der Waals surface area contributed by atoms with Crippen molar-refractivity contribution in [3.8, 4) is 0 Å². The lowest BCUT2D eigenvalue weighted by atomic mass is 10.3. The van der Waals surface area contributed by atoms with Crippen LogP contribution >= 0.6 is 34.8 Å². The fraction of sp³-hybridized carbons (Fsp3) is 0.167. The molecule has 18 heavy (non-hydrogen) atoms. The number of imidazole rings is 1. The van der Waals surface area contributed by atoms with Gasteiger partial charge in [0.1, 0.15) is 0 Å². The van der Waals surface area contributed by atoms with Crippen molar-refractivity contribution in [2.45, 2.75) is 13.5 Å². The standard InChI is InChI=1S/C12H10IN3OS/c1-7-4-9(17-15-7)6-16-11-3-2-8(13)5-10(11)14-12(16)18/h2-5H,6H2,1H3,(H,14,18). The van der Waals surface area contributed by atoms with E-state index in [9.17, 15) is 0 Å². The van der Waals surface area contributed by atoms with Crippen molar-refractivity contribution >= 4 is 45.8 Å². The molecule has 0 unspecified atom stereocenters. The monoisotopic (exact) mass is 371 g/mol. The average molecular weight is 371 g/mol. The van der Waals surface area contributed by atoms with Crippen LogP contribution in [0.3, 0.4) is 0 Å². The smallest absolute Gasteiger partial charge is 0.178 e. The minimum absolute atomic E-state index is 0.597. The number of nitrogens with zero attached hydrogens (tertiary/aromatic N) is 2. The maximum Gasteiger partial charge on any atom is 0.178 e. The Morgan fingerprint density at radius 1 is 1.44 bits per heavy atom. The number of benzene rings is 1. The maximum atomic E-state index is 5.35. The summed E-state index contributed by atoms with van der Waals surface area (Å²) in [4.78, 5) is 3.21. The van der Waals surface area contributed by atoms with E-state index in [1.54, 1.807) is 0 Å². The van der Waals surface area contributed by atoms with Gasteiger partial charge in [-0.25, -0.2) is 0 Å². The van der Waals surface area contributed by atoms with Crippen molar-refractivity contribution in [1.29, 1.82) is 0 Å². The van der Waals surface area contributed by atoms with Gasteiger partial charge in [-0.1, -0.05) is 5.16 Å². The number of aryl methyl sites for hydroxylation is 1. The first kappa shape index (κ1) is 11.9. The number of rotatable bonds is 2. The molecule has 0 radical (unpaired) electrons. The molecule has 4 nitrogen and oxygen atoms in total. The summed E-state index contributed by atoms with van der Waals surface area (Å²) in [6, 6.07) is 8.13. The number of fused-ring (bicyclic) bond motifs is 1. The van der Waals surface area contributed by atoms with E-state index in [-0.39, 0.29) is 0 Å². The van der Waals surface area contributed by atoms with Gasteiger partial charge >= 0.3 is 0 Å². The van der Waals surface area contributed by atoms with E-state index in [0.29, 0.717) is 11.3 Å². The lowest BCUT2D eigenvalue weighted by Gasteiger charge is -2.00. The van der Waals surface area contributed by atoms with Gasteiger partial charge in [0.15, 0.2) is 10.5 Å². The van der Waals surface area contributed by atoms with E-state index in [1.807, 2.05) is 17.6 Å². The van der Waals surface area contributed by atoms with Crippen molar-refractivity contribution in [3.63, 3.8) is 0 Å². The highest BCUT2D eigenvalue weighted by molar-refractivity contribution is 14.1. The van der Waals surface area contributed by atoms with E-state index < -0.39 is 0 Å². The van der Waals surface area contributed by atoms with Crippen molar-refractivity contribution in [3.05, 3.63) is 44.1 Å². The van der Waals surface area contributed by atoms with Gasteiger partial charge in [-0.3, -0.25) is 0 Å². The number of halogens is 1. The van der Waals surface area contributed by atoms with Crippen LogP contribution in [0.25, 0.3) is 11.0 Å². The number of aromatic nitrogens is 3. The zero-order valence-electron chi connectivity index (χ0n) is 9.61. The predicted octanol–water partition coefficient (Wildman–Crippen LogP) is 3.65. The Hall–Kier alpha value is -1.15. The quantitative estimate of drug-likeness (QED) is 0.553. The van der Waals surface area contributed by atoms with Gasteiger partial charge in [-0.15, -0.1) is 0 Å². The van der Waals surface area contributed by atoms with Crippen LogP contribution in [-0.4, -0.2) is 14.7 Å². The molecule has 0 saturated carbocycles. The van der Waals surface area contributed by atoms with E-state index in [2.05, 4.69) is 50.9 Å². The molecule has 3 rings (SSSR count). The lowest BCUT2D eigenvalue weighted by Crippen LogP contribution is -1.98. The number of aromatic amines is 1. The van der Waals surface area contributed by atoms with E-state index >= 15 is 0 Å². The second-order valence-corrected chi connectivity index (χ2v) is 5.74. The first-order valence-corrected chi connectivity index (χ1v) is 6.92. The molecular weight excluding hydrogens is 361 g/mol. The summed E-state index contributed by atoms with van der Waals surface area (Å²) in [5.74, 6) is 0.808. The predicted molar refractivity (Wildman–Crippen MR) is 80.2 cm³/mol. The van der Waals surface area contributed by atoms with Crippen molar-refractivity contribution < 1.29 is 4.52 Å². The second-order valence-electron chi connectivity index (χ2n) is 4.11. The molecule has 1 aromatic carbocycles. The molecule has 0 amide bonds. The SMILES string of the molecule is Cc1cc(Cn2c(=S)[nH]c3cc(I)ccc32)on1. The van der Waals surface area contributed by atoms with Crippen LogP contribution in [0.2, 0.25) is 0 Å². The lowest BCUT2D eigenvalue weighted by molar-refractivity contribution is 0.373. The minimum atomic E-state index is 0.597. The van der Waals surface area contributed by atoms with E-state index in [0.717, 1.165) is 22.5 Å². The molecule has 0 spiro atoms. The summed E-state index contributed by atoms with van der Waals surface area (Å²) in [5, 5.41) is 3.89. The molecule has 2 aromatic heterocycles. The van der Waals surface area contributed by atoms with Crippen LogP contribution in [0.15, 0.2) is 28.8 Å². The summed E-state index contributed by atoms with van der Waals surface area (Å²) < 4.78 is 9.12. The molecule has 3 aromatic rings. The average Bonchev–Trinajstić information content (AvgIpc) is 2.84. The summed E-state index contributed by atoms with van der Waals surface area (Å²) in [5.41, 5.74) is 3.00. The largest absolute Gasteiger partial charge is 0.359 e. The first-order valence-electron chi connectivity index (χ1n) is 5.44. The van der Waals surface area contributed by atoms with E-state index in [1.165, 1.54) is 3.57 Å². The highest BCUT2D eigenvalue weighted by Crippen LogP contribution is 2.18. The molecule has 92 valence electrons. The highest BCUT2D eigenvalue weighted by Gasteiger charge is 2.08. The Morgan fingerprint density at radius 2 is 2.28 bits per heavy atom. The van der Waals surface area contributed by atoms with Crippen LogP contribution < -0.4 is 0 Å². The number of hydrogen-bond acceptors (Lipinski definition) is 3. The fourth-order valence-corrected chi connectivity index (χ4v) is 2.70. The normalized spacial score (nSPS) is 11.2. The molecule has 2 heterocycles. The zero-order valence-corrected chi connectivity index (χ0v) is 12.6. The van der Waals surface area contributed by atoms with Crippen molar-refractivity contribution in [1.82, 2.24) is 14.7 Å². The Bertz CT molecular complexity index is 771. The number of nitrogens with one attached hydrogen (secondary N) is 1. The van der Waals surface area contributed by atoms with Crippen LogP contribution in [0.4, 0.5) is 0 Å². The Kier molecular flexibility index (Phi) is 2.98. The van der Waals surface area contributed by atoms with E-state index in [4.69, 9.17) is 16.7 Å². The summed E-state index contributed by atoms with van der Waals surface area (Å²) in [7, 11) is 0. The Labute approximate surface area is 122 Å². The number of H-pyrrole nitrogens is 1. The molecule has 0 bridgehead atoms. The Morgan fingerprint density at radius 3 is 3.00 bits per heavy atom. The van der Waals surface area contributed by atoms with Gasteiger partial charge in [0.05, 0.1) is 23.3 Å². The molecule has 0 aliphatic carbocycles. The molecule has 0 atom stereocenters. The third-order valence-electron chi connectivity index (χ3n) is 2.73. The third-order valence-corrected chi connectivity index (χ3v) is 3.72. The number of hydrogen-bond donors (Lipinski definition) is 1. The maximum absolute atomic E-state index is 5.35. The molecule has 0 fully saturated rings. The van der Waals surface area contributed by atoms with Gasteiger partial charge in [0.25, 0.3) is 0 Å². The van der Waals surface area contributed by atoms with Crippen LogP contribution in [0.5, 0.6) is 0 Å². The van der Waals surface area contributed by atoms with Crippen molar-refractivity contribution in [2.75, 3.05) is 0 Å². The summed E-state index contributed by atoms with van der Waals surface area (Å²) in [6.07, 6.45) is 0. The van der Waals surface area contributed by atoms with Crippen LogP contribution in [0.1, 0.15) is 11.5 Å². The molecular formula is C12H10IN3OS. The fourth-order valence-electron chi connectivity index (χ4n) is 1.94. The highest BCUT2D eigenvalue weighted by atomic mass is 127. The zero-order chi connectivity index (χ0) is 12.7. The minimum Gasteiger partial charge on any atom is -0.359 e. The summed E-state index contributed by atoms with van der Waals surface area (Å²) >= 11 is 7.63. The molecule has 0 saturated heterocycles. The topological polar surface area (TPSA) is 46.8 Å². The molecule has 6 heteroatoms. The first-order chi connectivity index (χ1) is 8.63.